The number of nitrogens with one attached hydrogen (secondary N) is 2. The van der Waals surface area contributed by atoms with Crippen molar-refractivity contribution in [2.75, 3.05) is 11.9 Å². The molecule has 27 heavy (non-hydrogen) atoms. The molecule has 0 aliphatic carbocycles. The second-order valence-electron chi connectivity index (χ2n) is 5.96. The van der Waals surface area contributed by atoms with Crippen LogP contribution in [-0.4, -0.2) is 24.6 Å². The average molecular weight is 367 g/mol. The molecule has 6 nitrogen and oxygen atoms in total. The summed E-state index contributed by atoms with van der Waals surface area (Å²) in [5.41, 5.74) is 3.33. The summed E-state index contributed by atoms with van der Waals surface area (Å²) in [4.78, 5) is 24.1. The third-order valence-corrected chi connectivity index (χ3v) is 3.79. The summed E-state index contributed by atoms with van der Waals surface area (Å²) in [5.74, 6) is 0.193. The Labute approximate surface area is 159 Å². The fourth-order valence-corrected chi connectivity index (χ4v) is 2.41. The van der Waals surface area contributed by atoms with Crippen LogP contribution in [0.4, 0.5) is 10.5 Å². The predicted octanol–water partition coefficient (Wildman–Crippen LogP) is 4.64. The van der Waals surface area contributed by atoms with Gasteiger partial charge in [-0.15, -0.1) is 0 Å². The Bertz CT molecular complexity index is 760. The molecule has 0 aromatic heterocycles. The Hall–Kier alpha value is -3.15. The number of unbranched alkanes of at least 4 members (excludes halogenated alkanes) is 3. The van der Waals surface area contributed by atoms with Crippen molar-refractivity contribution in [3.63, 3.8) is 0 Å². The third kappa shape index (κ3) is 7.32. The topological polar surface area (TPSA) is 79.8 Å². The maximum atomic E-state index is 12.3. The number of para-hydroxylation sites is 2. The summed E-state index contributed by atoms with van der Waals surface area (Å²) in [6.07, 6.45) is 5.47. The van der Waals surface area contributed by atoms with Crippen LogP contribution < -0.4 is 15.5 Å². The van der Waals surface area contributed by atoms with Gasteiger partial charge in [0, 0.05) is 5.69 Å². The summed E-state index contributed by atoms with van der Waals surface area (Å²) in [6, 6.07) is 15.5. The van der Waals surface area contributed by atoms with E-state index in [1.807, 2.05) is 24.3 Å². The molecule has 0 fully saturated rings. The minimum atomic E-state index is -0.522. The molecule has 6 heteroatoms. The van der Waals surface area contributed by atoms with Crippen molar-refractivity contribution >= 4 is 23.7 Å². The maximum absolute atomic E-state index is 12.3. The fraction of sp³-hybridized carbons (Fsp3) is 0.286. The summed E-state index contributed by atoms with van der Waals surface area (Å²) < 4.78 is 5.73. The number of amides is 2. The first kappa shape index (κ1) is 20.2. The molecular formula is C21H25N3O3. The summed E-state index contributed by atoms with van der Waals surface area (Å²) >= 11 is 0. The van der Waals surface area contributed by atoms with Crippen LogP contribution in [0.3, 0.4) is 0 Å². The number of Topliss-reactive ketones (excluding diaryl/α,β-unsaturated/α-hetero) is 1. The minimum absolute atomic E-state index is 0.334. The fourth-order valence-electron chi connectivity index (χ4n) is 2.41. The zero-order valence-corrected chi connectivity index (χ0v) is 15.5. The van der Waals surface area contributed by atoms with E-state index in [-0.39, 0.29) is 5.78 Å². The zero-order chi connectivity index (χ0) is 19.3. The van der Waals surface area contributed by atoms with Gasteiger partial charge in [-0.25, -0.2) is 10.2 Å². The number of hydrogen-bond acceptors (Lipinski definition) is 4. The molecular weight excluding hydrogens is 342 g/mol. The number of carbonyl (C=O) groups is 2. The van der Waals surface area contributed by atoms with Crippen LogP contribution in [0.2, 0.25) is 0 Å². The largest absolute Gasteiger partial charge is 0.493 e. The second-order valence-corrected chi connectivity index (χ2v) is 5.96. The molecule has 0 heterocycles. The second kappa shape index (κ2) is 11.5. The van der Waals surface area contributed by atoms with Gasteiger partial charge in [0.25, 0.3) is 0 Å². The highest BCUT2D eigenvalue weighted by molar-refractivity contribution is 6.36. The zero-order valence-electron chi connectivity index (χ0n) is 15.5. The summed E-state index contributed by atoms with van der Waals surface area (Å²) in [5, 5.41) is 6.33. The molecule has 0 spiro atoms. The van der Waals surface area contributed by atoms with Gasteiger partial charge in [-0.2, -0.15) is 5.10 Å². The van der Waals surface area contributed by atoms with E-state index in [2.05, 4.69) is 22.8 Å². The monoisotopic (exact) mass is 367 g/mol. The number of benzene rings is 2. The molecule has 2 N–H and O–H groups in total. The Morgan fingerprint density at radius 1 is 1.00 bits per heavy atom. The van der Waals surface area contributed by atoms with E-state index in [1.165, 1.54) is 6.42 Å². The minimum Gasteiger partial charge on any atom is -0.493 e. The molecule has 0 bridgehead atoms. The first-order chi connectivity index (χ1) is 13.2. The van der Waals surface area contributed by atoms with Crippen LogP contribution in [0.1, 0.15) is 43.0 Å². The van der Waals surface area contributed by atoms with Gasteiger partial charge in [-0.1, -0.05) is 56.5 Å². The lowest BCUT2D eigenvalue weighted by Crippen LogP contribution is -2.24. The highest BCUT2D eigenvalue weighted by Crippen LogP contribution is 2.18. The Kier molecular flexibility index (Phi) is 8.56. The third-order valence-electron chi connectivity index (χ3n) is 3.79. The molecule has 2 aromatic carbocycles. The van der Waals surface area contributed by atoms with Crippen molar-refractivity contribution in [1.29, 1.82) is 0 Å². The van der Waals surface area contributed by atoms with Crippen LogP contribution in [0, 0.1) is 0 Å². The number of anilines is 1. The van der Waals surface area contributed by atoms with Gasteiger partial charge in [-0.05, 0) is 30.7 Å². The van der Waals surface area contributed by atoms with Crippen molar-refractivity contribution in [3.05, 3.63) is 60.2 Å². The first-order valence-electron chi connectivity index (χ1n) is 9.12. The molecule has 0 aliphatic rings. The molecule has 0 saturated carbocycles. The van der Waals surface area contributed by atoms with E-state index >= 15 is 0 Å². The molecule has 0 aliphatic heterocycles. The summed E-state index contributed by atoms with van der Waals surface area (Å²) in [7, 11) is 0. The quantitative estimate of drug-likeness (QED) is 0.278. The van der Waals surface area contributed by atoms with Crippen molar-refractivity contribution in [1.82, 2.24) is 5.43 Å². The highest BCUT2D eigenvalue weighted by Gasteiger charge is 2.10. The summed E-state index contributed by atoms with van der Waals surface area (Å²) in [6.45, 7) is 2.72. The number of nitrogens with zero attached hydrogens (tertiary/aromatic N) is 1. The Morgan fingerprint density at radius 2 is 1.74 bits per heavy atom. The molecule has 0 saturated heterocycles. The van der Waals surface area contributed by atoms with Crippen LogP contribution in [0.25, 0.3) is 0 Å². The van der Waals surface area contributed by atoms with E-state index < -0.39 is 6.03 Å². The van der Waals surface area contributed by atoms with Crippen molar-refractivity contribution < 1.29 is 14.3 Å². The van der Waals surface area contributed by atoms with Gasteiger partial charge in [-0.3, -0.25) is 4.79 Å². The normalized spacial score (nSPS) is 10.6. The van der Waals surface area contributed by atoms with E-state index in [9.17, 15) is 9.59 Å². The molecule has 142 valence electrons. The van der Waals surface area contributed by atoms with Crippen molar-refractivity contribution in [2.24, 2.45) is 5.10 Å². The van der Waals surface area contributed by atoms with Crippen molar-refractivity contribution in [2.45, 2.75) is 32.6 Å². The lowest BCUT2D eigenvalue weighted by Gasteiger charge is -2.09. The first-order valence-corrected chi connectivity index (χ1v) is 9.12. The van der Waals surface area contributed by atoms with Gasteiger partial charge < -0.3 is 10.1 Å². The van der Waals surface area contributed by atoms with Gasteiger partial charge in [0.05, 0.1) is 18.4 Å². The van der Waals surface area contributed by atoms with Crippen molar-refractivity contribution in [3.8, 4) is 5.75 Å². The standard InChI is InChI=1S/C21H25N3O3/c1-2-3-4-10-15-27-20-14-9-8-13-18(20)19(25)16-22-24-21(26)23-17-11-6-5-7-12-17/h5-9,11-14,16H,2-4,10,15H2,1H3,(H2,23,24,26)/b22-16+. The van der Waals surface area contributed by atoms with Crippen LogP contribution in [-0.2, 0) is 0 Å². The highest BCUT2D eigenvalue weighted by atomic mass is 16.5. The molecule has 0 radical (unpaired) electrons. The Morgan fingerprint density at radius 3 is 2.52 bits per heavy atom. The lowest BCUT2D eigenvalue weighted by molar-refractivity contribution is 0.106. The van der Waals surface area contributed by atoms with E-state index in [0.29, 0.717) is 23.6 Å². The Balaban J connectivity index is 1.85. The number of ether oxygens (including phenoxy) is 1. The number of hydrazone groups is 1. The number of ketones is 1. The van der Waals surface area contributed by atoms with Crippen LogP contribution >= 0.6 is 0 Å². The number of urea groups is 1. The van der Waals surface area contributed by atoms with Gasteiger partial charge in [0.15, 0.2) is 0 Å². The van der Waals surface area contributed by atoms with E-state index in [0.717, 1.165) is 25.5 Å². The van der Waals surface area contributed by atoms with Gasteiger partial charge in [0.2, 0.25) is 5.78 Å². The van der Waals surface area contributed by atoms with Crippen LogP contribution in [0.5, 0.6) is 5.75 Å². The lowest BCUT2D eigenvalue weighted by atomic mass is 10.1. The van der Waals surface area contributed by atoms with Gasteiger partial charge in [0.1, 0.15) is 5.75 Å². The molecule has 2 aromatic rings. The predicted molar refractivity (Wildman–Crippen MR) is 107 cm³/mol. The molecule has 2 amide bonds. The van der Waals surface area contributed by atoms with E-state index in [4.69, 9.17) is 4.74 Å². The van der Waals surface area contributed by atoms with E-state index in [1.54, 1.807) is 30.3 Å². The molecule has 2 rings (SSSR count). The van der Waals surface area contributed by atoms with Crippen LogP contribution in [0.15, 0.2) is 59.7 Å². The molecule has 0 atom stereocenters. The maximum Gasteiger partial charge on any atom is 0.339 e. The SMILES string of the molecule is CCCCCCOc1ccccc1C(=O)/C=N/NC(=O)Nc1ccccc1. The number of hydrogen-bond donors (Lipinski definition) is 2. The average Bonchev–Trinajstić information content (AvgIpc) is 2.69. The number of carbonyl (C=O) groups excluding carboxylic acids is 2. The number of rotatable bonds is 10. The smallest absolute Gasteiger partial charge is 0.339 e. The molecule has 0 unspecified atom stereocenters. The van der Waals surface area contributed by atoms with Gasteiger partial charge >= 0.3 is 6.03 Å².